The minimum Gasteiger partial charge on any atom is -0.376 e. The fourth-order valence-corrected chi connectivity index (χ4v) is 3.32. The normalized spacial score (nSPS) is 17.2. The van der Waals surface area contributed by atoms with Crippen LogP contribution in [0.15, 0.2) is 34.0 Å². The van der Waals surface area contributed by atoms with Crippen LogP contribution in [0.25, 0.3) is 16.7 Å². The summed E-state index contributed by atoms with van der Waals surface area (Å²) in [7, 11) is 0. The van der Waals surface area contributed by atoms with Gasteiger partial charge in [-0.25, -0.2) is 4.98 Å². The Bertz CT molecular complexity index is 1150. The highest BCUT2D eigenvalue weighted by atomic mass is 16.5. The van der Waals surface area contributed by atoms with E-state index < -0.39 is 5.56 Å². The van der Waals surface area contributed by atoms with Gasteiger partial charge in [0.25, 0.3) is 11.1 Å². The molecule has 1 atom stereocenters. The summed E-state index contributed by atoms with van der Waals surface area (Å²) in [5.41, 5.74) is 0.861. The Morgan fingerprint density at radius 2 is 2.20 bits per heavy atom. The maximum Gasteiger partial charge on any atom is 0.270 e. The molecule has 0 saturated carbocycles. The standard InChI is InChI=1S/C18H16N4O3/c1-11-4-2-6-21-15(11)20-16-14(18(21)24)8-12(9-19)17(23)22(16)10-13-5-3-7-25-13/h2,4,6,8,13H,3,5,7,10H2,1H3/t13-/m1/s1. The van der Waals surface area contributed by atoms with Crippen LogP contribution in [0.1, 0.15) is 24.0 Å². The topological polar surface area (TPSA) is 89.4 Å². The molecule has 4 rings (SSSR count). The third-order valence-electron chi connectivity index (χ3n) is 4.61. The van der Waals surface area contributed by atoms with Crippen molar-refractivity contribution in [2.24, 2.45) is 0 Å². The quantitative estimate of drug-likeness (QED) is 0.659. The number of rotatable bonds is 2. The molecule has 0 aliphatic carbocycles. The molecule has 0 radical (unpaired) electrons. The molecule has 0 amide bonds. The highest BCUT2D eigenvalue weighted by Gasteiger charge is 2.21. The number of ether oxygens (including phenoxy) is 1. The van der Waals surface area contributed by atoms with Gasteiger partial charge in [0.15, 0.2) is 5.65 Å². The summed E-state index contributed by atoms with van der Waals surface area (Å²) < 4.78 is 8.48. The lowest BCUT2D eigenvalue weighted by Crippen LogP contribution is -2.31. The van der Waals surface area contributed by atoms with E-state index >= 15 is 0 Å². The first-order chi connectivity index (χ1) is 12.1. The van der Waals surface area contributed by atoms with E-state index in [9.17, 15) is 14.9 Å². The number of aryl methyl sites for hydroxylation is 1. The maximum absolute atomic E-state index is 12.9. The number of nitriles is 1. The Labute approximate surface area is 142 Å². The van der Waals surface area contributed by atoms with Crippen LogP contribution in [0.3, 0.4) is 0 Å². The number of pyridine rings is 2. The van der Waals surface area contributed by atoms with Crippen molar-refractivity contribution < 1.29 is 4.74 Å². The smallest absolute Gasteiger partial charge is 0.270 e. The molecule has 1 aliphatic heterocycles. The molecule has 7 nitrogen and oxygen atoms in total. The van der Waals surface area contributed by atoms with Gasteiger partial charge in [0.1, 0.15) is 17.3 Å². The lowest BCUT2D eigenvalue weighted by Gasteiger charge is -2.15. The number of nitrogens with zero attached hydrogens (tertiary/aromatic N) is 4. The van der Waals surface area contributed by atoms with Crippen LogP contribution in [-0.2, 0) is 11.3 Å². The molecule has 7 heteroatoms. The maximum atomic E-state index is 12.9. The van der Waals surface area contributed by atoms with Crippen molar-refractivity contribution in [3.05, 3.63) is 56.2 Å². The van der Waals surface area contributed by atoms with Gasteiger partial charge < -0.3 is 4.74 Å². The summed E-state index contributed by atoms with van der Waals surface area (Å²) >= 11 is 0. The Morgan fingerprint density at radius 1 is 1.36 bits per heavy atom. The van der Waals surface area contributed by atoms with E-state index in [4.69, 9.17) is 4.74 Å². The molecule has 1 aliphatic rings. The fourth-order valence-electron chi connectivity index (χ4n) is 3.32. The van der Waals surface area contributed by atoms with Gasteiger partial charge in [-0.05, 0) is 37.5 Å². The van der Waals surface area contributed by atoms with Crippen molar-refractivity contribution >= 4 is 16.7 Å². The molecule has 3 aromatic heterocycles. The summed E-state index contributed by atoms with van der Waals surface area (Å²) in [6, 6.07) is 6.86. The van der Waals surface area contributed by atoms with Gasteiger partial charge in [0, 0.05) is 12.8 Å². The molecular formula is C18H16N4O3. The van der Waals surface area contributed by atoms with Gasteiger partial charge in [-0.2, -0.15) is 5.26 Å². The molecule has 1 fully saturated rings. The first-order valence-corrected chi connectivity index (χ1v) is 8.17. The third-order valence-corrected chi connectivity index (χ3v) is 4.61. The Kier molecular flexibility index (Phi) is 3.62. The van der Waals surface area contributed by atoms with Gasteiger partial charge in [0.2, 0.25) is 0 Å². The zero-order valence-electron chi connectivity index (χ0n) is 13.7. The second kappa shape index (κ2) is 5.83. The van der Waals surface area contributed by atoms with Crippen LogP contribution in [-0.4, -0.2) is 26.7 Å². The minimum absolute atomic E-state index is 0.0583. The Morgan fingerprint density at radius 3 is 2.92 bits per heavy atom. The van der Waals surface area contributed by atoms with E-state index in [0.717, 1.165) is 18.4 Å². The fraction of sp³-hybridized carbons (Fsp3) is 0.333. The summed E-state index contributed by atoms with van der Waals surface area (Å²) in [4.78, 5) is 30.1. The van der Waals surface area contributed by atoms with E-state index in [0.29, 0.717) is 24.4 Å². The average Bonchev–Trinajstić information content (AvgIpc) is 3.12. The van der Waals surface area contributed by atoms with Gasteiger partial charge in [0.05, 0.1) is 18.0 Å². The number of hydrogen-bond donors (Lipinski definition) is 0. The van der Waals surface area contributed by atoms with Crippen LogP contribution in [0.5, 0.6) is 0 Å². The van der Waals surface area contributed by atoms with E-state index in [1.807, 2.05) is 19.1 Å². The highest BCUT2D eigenvalue weighted by molar-refractivity contribution is 5.78. The Balaban J connectivity index is 2.10. The Hall–Kier alpha value is -2.98. The molecule has 3 aromatic rings. The molecule has 1 saturated heterocycles. The van der Waals surface area contributed by atoms with Crippen molar-refractivity contribution in [3.8, 4) is 6.07 Å². The molecule has 0 N–H and O–H groups in total. The van der Waals surface area contributed by atoms with Gasteiger partial charge in [-0.3, -0.25) is 18.6 Å². The van der Waals surface area contributed by atoms with E-state index in [1.54, 1.807) is 12.3 Å². The van der Waals surface area contributed by atoms with Crippen molar-refractivity contribution in [2.45, 2.75) is 32.4 Å². The molecule has 4 heterocycles. The molecule has 25 heavy (non-hydrogen) atoms. The van der Waals surface area contributed by atoms with Crippen molar-refractivity contribution in [2.75, 3.05) is 6.61 Å². The number of aromatic nitrogens is 3. The van der Waals surface area contributed by atoms with Gasteiger partial charge >= 0.3 is 0 Å². The van der Waals surface area contributed by atoms with Crippen molar-refractivity contribution in [1.82, 2.24) is 14.0 Å². The van der Waals surface area contributed by atoms with Crippen LogP contribution >= 0.6 is 0 Å². The molecule has 0 spiro atoms. The lowest BCUT2D eigenvalue weighted by atomic mass is 10.2. The second-order valence-corrected chi connectivity index (χ2v) is 6.26. The zero-order chi connectivity index (χ0) is 17.6. The SMILES string of the molecule is Cc1cccn2c(=O)c3cc(C#N)c(=O)n(C[C@H]4CCCO4)c3nc12. The molecule has 0 aromatic carbocycles. The lowest BCUT2D eigenvalue weighted by molar-refractivity contribution is 0.0971. The molecule has 0 bridgehead atoms. The summed E-state index contributed by atoms with van der Waals surface area (Å²) in [6.45, 7) is 2.81. The molecule has 0 unspecified atom stereocenters. The largest absolute Gasteiger partial charge is 0.376 e. The predicted octanol–water partition coefficient (Wildman–Crippen LogP) is 1.37. The summed E-state index contributed by atoms with van der Waals surface area (Å²) in [5, 5.41) is 9.55. The van der Waals surface area contributed by atoms with Crippen LogP contribution in [0.4, 0.5) is 0 Å². The molecular weight excluding hydrogens is 320 g/mol. The van der Waals surface area contributed by atoms with E-state index in [1.165, 1.54) is 15.0 Å². The number of fused-ring (bicyclic) bond motifs is 2. The monoisotopic (exact) mass is 336 g/mol. The van der Waals surface area contributed by atoms with E-state index in [-0.39, 0.29) is 22.6 Å². The number of hydrogen-bond acceptors (Lipinski definition) is 5. The summed E-state index contributed by atoms with van der Waals surface area (Å²) in [5.74, 6) is 0. The van der Waals surface area contributed by atoms with E-state index in [2.05, 4.69) is 4.98 Å². The van der Waals surface area contributed by atoms with Crippen LogP contribution < -0.4 is 11.1 Å². The minimum atomic E-state index is -0.435. The molecule has 126 valence electrons. The average molecular weight is 336 g/mol. The summed E-state index contributed by atoms with van der Waals surface area (Å²) in [6.07, 6.45) is 3.31. The van der Waals surface area contributed by atoms with Crippen molar-refractivity contribution in [1.29, 1.82) is 5.26 Å². The van der Waals surface area contributed by atoms with Gasteiger partial charge in [-0.1, -0.05) is 6.07 Å². The van der Waals surface area contributed by atoms with Crippen LogP contribution in [0.2, 0.25) is 0 Å². The predicted molar refractivity (Wildman–Crippen MR) is 91.7 cm³/mol. The second-order valence-electron chi connectivity index (χ2n) is 6.26. The zero-order valence-corrected chi connectivity index (χ0v) is 13.7. The highest BCUT2D eigenvalue weighted by Crippen LogP contribution is 2.17. The third kappa shape index (κ3) is 2.42. The first kappa shape index (κ1) is 15.5. The first-order valence-electron chi connectivity index (χ1n) is 8.17. The van der Waals surface area contributed by atoms with Crippen LogP contribution in [0, 0.1) is 18.3 Å². The van der Waals surface area contributed by atoms with Gasteiger partial charge in [-0.15, -0.1) is 0 Å². The van der Waals surface area contributed by atoms with Crippen molar-refractivity contribution in [3.63, 3.8) is 0 Å².